The molecule has 0 unspecified atom stereocenters. The molecule has 5 rings (SSSR count). The predicted octanol–water partition coefficient (Wildman–Crippen LogP) is 6.08. The lowest BCUT2D eigenvalue weighted by Crippen LogP contribution is -2.22. The average Bonchev–Trinajstić information content (AvgIpc) is 3.20. The SMILES string of the molecule is Cc1c(C(=O)Oc2ccc3ccccc3c2)oc2c1/C(=N/NC(=O)c1ccc(Cl)cc1)CCC2. The minimum absolute atomic E-state index is 0.150. The molecule has 1 aliphatic carbocycles. The van der Waals surface area contributed by atoms with Crippen LogP contribution in [-0.4, -0.2) is 17.6 Å². The van der Waals surface area contributed by atoms with Gasteiger partial charge in [0.2, 0.25) is 5.76 Å². The summed E-state index contributed by atoms with van der Waals surface area (Å²) >= 11 is 5.89. The zero-order valence-electron chi connectivity index (χ0n) is 18.4. The molecule has 4 aromatic rings. The van der Waals surface area contributed by atoms with E-state index in [0.29, 0.717) is 46.2 Å². The number of hydrazone groups is 1. The van der Waals surface area contributed by atoms with Crippen molar-refractivity contribution in [3.05, 3.63) is 100.0 Å². The second-order valence-corrected chi connectivity index (χ2v) is 8.55. The van der Waals surface area contributed by atoms with Gasteiger partial charge in [-0.2, -0.15) is 5.10 Å². The summed E-state index contributed by atoms with van der Waals surface area (Å²) in [7, 11) is 0. The number of rotatable bonds is 4. The highest BCUT2D eigenvalue weighted by atomic mass is 35.5. The highest BCUT2D eigenvalue weighted by molar-refractivity contribution is 6.30. The van der Waals surface area contributed by atoms with Crippen LogP contribution in [0.4, 0.5) is 0 Å². The Labute approximate surface area is 201 Å². The lowest BCUT2D eigenvalue weighted by atomic mass is 9.93. The number of amides is 1. The van der Waals surface area contributed by atoms with Gasteiger partial charge < -0.3 is 9.15 Å². The van der Waals surface area contributed by atoms with Gasteiger partial charge in [-0.15, -0.1) is 0 Å². The van der Waals surface area contributed by atoms with E-state index in [1.54, 1.807) is 37.3 Å². The second-order valence-electron chi connectivity index (χ2n) is 8.11. The molecule has 1 heterocycles. The highest BCUT2D eigenvalue weighted by Crippen LogP contribution is 2.31. The van der Waals surface area contributed by atoms with Crippen LogP contribution >= 0.6 is 11.6 Å². The number of halogens is 1. The topological polar surface area (TPSA) is 80.9 Å². The summed E-state index contributed by atoms with van der Waals surface area (Å²) < 4.78 is 11.5. The van der Waals surface area contributed by atoms with Crippen LogP contribution in [0.25, 0.3) is 10.8 Å². The van der Waals surface area contributed by atoms with Crippen molar-refractivity contribution >= 4 is 40.0 Å². The molecule has 1 aliphatic rings. The predicted molar refractivity (Wildman–Crippen MR) is 131 cm³/mol. The fourth-order valence-corrected chi connectivity index (χ4v) is 4.27. The van der Waals surface area contributed by atoms with E-state index >= 15 is 0 Å². The summed E-state index contributed by atoms with van der Waals surface area (Å²) in [6.45, 7) is 1.81. The van der Waals surface area contributed by atoms with Crippen LogP contribution in [0.5, 0.6) is 5.75 Å². The summed E-state index contributed by atoms with van der Waals surface area (Å²) in [4.78, 5) is 25.4. The van der Waals surface area contributed by atoms with Crippen molar-refractivity contribution in [2.45, 2.75) is 26.2 Å². The van der Waals surface area contributed by atoms with Gasteiger partial charge in [-0.1, -0.05) is 41.9 Å². The van der Waals surface area contributed by atoms with Gasteiger partial charge in [0.25, 0.3) is 5.91 Å². The van der Waals surface area contributed by atoms with E-state index in [2.05, 4.69) is 10.5 Å². The molecule has 0 bridgehead atoms. The van der Waals surface area contributed by atoms with Gasteiger partial charge in [0.1, 0.15) is 11.5 Å². The van der Waals surface area contributed by atoms with E-state index in [1.165, 1.54) is 0 Å². The van der Waals surface area contributed by atoms with Crippen molar-refractivity contribution in [2.24, 2.45) is 5.10 Å². The Kier molecular flexibility index (Phi) is 5.90. The van der Waals surface area contributed by atoms with Crippen molar-refractivity contribution in [2.75, 3.05) is 0 Å². The molecule has 1 N–H and O–H groups in total. The largest absolute Gasteiger partial charge is 0.453 e. The summed E-state index contributed by atoms with van der Waals surface area (Å²) in [5.41, 5.74) is 5.14. The third-order valence-corrected chi connectivity index (χ3v) is 6.09. The fraction of sp³-hybridized carbons (Fsp3) is 0.148. The maximum atomic E-state index is 12.9. The first-order valence-electron chi connectivity index (χ1n) is 11.0. The van der Waals surface area contributed by atoms with Gasteiger partial charge in [0.05, 0.1) is 5.71 Å². The van der Waals surface area contributed by atoms with Gasteiger partial charge in [-0.3, -0.25) is 4.79 Å². The number of ether oxygens (including phenoxy) is 1. The first-order chi connectivity index (χ1) is 16.5. The maximum absolute atomic E-state index is 12.9. The number of carbonyl (C=O) groups is 2. The van der Waals surface area contributed by atoms with Crippen LogP contribution in [0.15, 0.2) is 76.2 Å². The first kappa shape index (κ1) is 21.9. The smallest absolute Gasteiger partial charge is 0.379 e. The molecule has 0 spiro atoms. The molecule has 170 valence electrons. The minimum atomic E-state index is -0.563. The molecule has 0 saturated carbocycles. The number of esters is 1. The van der Waals surface area contributed by atoms with Gasteiger partial charge in [0.15, 0.2) is 0 Å². The molecule has 1 amide bonds. The van der Waals surface area contributed by atoms with E-state index in [1.807, 2.05) is 36.4 Å². The van der Waals surface area contributed by atoms with Crippen LogP contribution in [-0.2, 0) is 6.42 Å². The van der Waals surface area contributed by atoms with Crippen LogP contribution in [0.3, 0.4) is 0 Å². The zero-order valence-corrected chi connectivity index (χ0v) is 19.2. The van der Waals surface area contributed by atoms with Crippen molar-refractivity contribution in [1.29, 1.82) is 0 Å². The number of aryl methyl sites for hydroxylation is 1. The Bertz CT molecular complexity index is 1440. The Morgan fingerprint density at radius 3 is 2.56 bits per heavy atom. The number of hydrogen-bond acceptors (Lipinski definition) is 5. The molecule has 0 radical (unpaired) electrons. The van der Waals surface area contributed by atoms with Gasteiger partial charge in [0, 0.05) is 28.1 Å². The molecule has 3 aromatic carbocycles. The van der Waals surface area contributed by atoms with Crippen molar-refractivity contribution in [1.82, 2.24) is 5.43 Å². The number of benzene rings is 3. The summed E-state index contributed by atoms with van der Waals surface area (Å²) in [5, 5.41) is 6.94. The molecule has 34 heavy (non-hydrogen) atoms. The van der Waals surface area contributed by atoms with Crippen LogP contribution < -0.4 is 10.2 Å². The number of nitrogens with zero attached hydrogens (tertiary/aromatic N) is 1. The number of carbonyl (C=O) groups excluding carboxylic acids is 2. The highest BCUT2D eigenvalue weighted by Gasteiger charge is 2.29. The van der Waals surface area contributed by atoms with Crippen LogP contribution in [0.2, 0.25) is 5.02 Å². The second kappa shape index (κ2) is 9.15. The lowest BCUT2D eigenvalue weighted by molar-refractivity contribution is 0.0698. The first-order valence-corrected chi connectivity index (χ1v) is 11.3. The molecule has 1 aromatic heterocycles. The maximum Gasteiger partial charge on any atom is 0.379 e. The third-order valence-electron chi connectivity index (χ3n) is 5.84. The molecule has 6 nitrogen and oxygen atoms in total. The van der Waals surface area contributed by atoms with Gasteiger partial charge in [-0.05, 0) is 66.9 Å². The Morgan fingerprint density at radius 1 is 1.00 bits per heavy atom. The quantitative estimate of drug-likeness (QED) is 0.221. The van der Waals surface area contributed by atoms with Crippen molar-refractivity contribution in [3.8, 4) is 5.75 Å². The van der Waals surface area contributed by atoms with E-state index in [9.17, 15) is 9.59 Å². The summed E-state index contributed by atoms with van der Waals surface area (Å²) in [6, 6.07) is 19.9. The van der Waals surface area contributed by atoms with E-state index in [4.69, 9.17) is 20.8 Å². The van der Waals surface area contributed by atoms with E-state index < -0.39 is 5.97 Å². The average molecular weight is 473 g/mol. The summed E-state index contributed by atoms with van der Waals surface area (Å²) in [5.74, 6) is 0.368. The molecule has 0 fully saturated rings. The lowest BCUT2D eigenvalue weighted by Gasteiger charge is -2.13. The molecular formula is C27H21ClN2O4. The molecule has 7 heteroatoms. The number of fused-ring (bicyclic) bond motifs is 2. The van der Waals surface area contributed by atoms with Gasteiger partial charge in [-0.25, -0.2) is 10.2 Å². The van der Waals surface area contributed by atoms with Crippen molar-refractivity contribution in [3.63, 3.8) is 0 Å². The number of furan rings is 1. The van der Waals surface area contributed by atoms with Gasteiger partial charge >= 0.3 is 5.97 Å². The zero-order chi connectivity index (χ0) is 23.7. The standard InChI is InChI=1S/C27H21ClN2O4/c1-16-24-22(29-30-26(31)18-9-12-20(28)13-10-18)7-4-8-23(24)34-25(16)27(32)33-21-14-11-17-5-2-3-6-19(17)15-21/h2-3,5-6,9-15H,4,7-8H2,1H3,(H,30,31)/b29-22+. The van der Waals surface area contributed by atoms with Crippen LogP contribution in [0.1, 0.15) is 50.6 Å². The van der Waals surface area contributed by atoms with E-state index in [-0.39, 0.29) is 11.7 Å². The molecule has 0 aliphatic heterocycles. The molecular weight excluding hydrogens is 452 g/mol. The normalized spacial score (nSPS) is 14.1. The number of nitrogens with one attached hydrogen (secondary N) is 1. The third kappa shape index (κ3) is 4.32. The monoisotopic (exact) mass is 472 g/mol. The Balaban J connectivity index is 1.37. The molecule has 0 saturated heterocycles. The van der Waals surface area contributed by atoms with E-state index in [0.717, 1.165) is 22.8 Å². The van der Waals surface area contributed by atoms with Crippen molar-refractivity contribution < 1.29 is 18.7 Å². The summed E-state index contributed by atoms with van der Waals surface area (Å²) in [6.07, 6.45) is 2.14. The Hall–Kier alpha value is -3.90. The minimum Gasteiger partial charge on any atom is -0.453 e. The number of hydrogen-bond donors (Lipinski definition) is 1. The molecule has 0 atom stereocenters. The Morgan fingerprint density at radius 2 is 1.76 bits per heavy atom. The fourth-order valence-electron chi connectivity index (χ4n) is 4.14. The van der Waals surface area contributed by atoms with Crippen LogP contribution in [0, 0.1) is 6.92 Å².